The summed E-state index contributed by atoms with van der Waals surface area (Å²) in [6.45, 7) is 4.57. The zero-order chi connectivity index (χ0) is 11.1. The van der Waals surface area contributed by atoms with E-state index in [4.69, 9.17) is 10.5 Å². The Morgan fingerprint density at radius 3 is 2.81 bits per heavy atom. The Balaban J connectivity index is 0.00000225. The maximum Gasteiger partial charge on any atom is 0.224 e. The first kappa shape index (κ1) is 15.7. The van der Waals surface area contributed by atoms with Crippen LogP contribution in [0.15, 0.2) is 0 Å². The molecule has 0 aromatic heterocycles. The van der Waals surface area contributed by atoms with Crippen molar-refractivity contribution in [2.24, 2.45) is 17.6 Å². The maximum atomic E-state index is 11.3. The summed E-state index contributed by atoms with van der Waals surface area (Å²) >= 11 is 0. The van der Waals surface area contributed by atoms with Gasteiger partial charge in [0, 0.05) is 32.2 Å². The van der Waals surface area contributed by atoms with Gasteiger partial charge >= 0.3 is 0 Å². The van der Waals surface area contributed by atoms with Crippen molar-refractivity contribution in [2.45, 2.75) is 26.2 Å². The predicted octanol–water partition coefficient (Wildman–Crippen LogP) is 0.936. The standard InChI is InChI=1S/C11H22N2O2.ClH/c1-9(7-12)11(14)13-5-2-6-15-8-10-3-4-10;/h9-10H,2-8,12H2,1H3,(H,13,14);1H. The number of nitrogens with two attached hydrogens (primary N) is 1. The Kier molecular flexibility index (Phi) is 8.61. The maximum absolute atomic E-state index is 11.3. The van der Waals surface area contributed by atoms with Crippen LogP contribution in [-0.2, 0) is 9.53 Å². The Morgan fingerprint density at radius 2 is 2.25 bits per heavy atom. The van der Waals surface area contributed by atoms with Crippen molar-refractivity contribution in [3.63, 3.8) is 0 Å². The van der Waals surface area contributed by atoms with Gasteiger partial charge in [0.15, 0.2) is 0 Å². The molecule has 0 aliphatic heterocycles. The lowest BCUT2D eigenvalue weighted by Gasteiger charge is -2.09. The smallest absolute Gasteiger partial charge is 0.224 e. The lowest BCUT2D eigenvalue weighted by molar-refractivity contribution is -0.124. The van der Waals surface area contributed by atoms with Gasteiger partial charge in [0.05, 0.1) is 0 Å². The van der Waals surface area contributed by atoms with Gasteiger partial charge < -0.3 is 15.8 Å². The van der Waals surface area contributed by atoms with Crippen LogP contribution < -0.4 is 11.1 Å². The number of nitrogens with one attached hydrogen (secondary N) is 1. The number of rotatable bonds is 8. The molecule has 1 aliphatic carbocycles. The molecule has 16 heavy (non-hydrogen) atoms. The highest BCUT2D eigenvalue weighted by atomic mass is 35.5. The van der Waals surface area contributed by atoms with Gasteiger partial charge in [-0.3, -0.25) is 4.79 Å². The third-order valence-corrected chi connectivity index (χ3v) is 2.62. The highest BCUT2D eigenvalue weighted by molar-refractivity contribution is 5.85. The fourth-order valence-electron chi connectivity index (χ4n) is 1.20. The van der Waals surface area contributed by atoms with Crippen molar-refractivity contribution in [1.29, 1.82) is 0 Å². The van der Waals surface area contributed by atoms with Crippen molar-refractivity contribution < 1.29 is 9.53 Å². The van der Waals surface area contributed by atoms with E-state index in [-0.39, 0.29) is 24.2 Å². The van der Waals surface area contributed by atoms with E-state index in [0.717, 1.165) is 25.6 Å². The SMILES string of the molecule is CC(CN)C(=O)NCCCOCC1CC1.Cl. The van der Waals surface area contributed by atoms with Crippen LogP contribution in [0.3, 0.4) is 0 Å². The number of ether oxygens (including phenoxy) is 1. The average Bonchev–Trinajstić information content (AvgIpc) is 3.05. The molecule has 4 nitrogen and oxygen atoms in total. The summed E-state index contributed by atoms with van der Waals surface area (Å²) in [5.74, 6) is 0.772. The number of hydrogen-bond donors (Lipinski definition) is 2. The Hall–Kier alpha value is -0.320. The molecule has 1 rings (SSSR count). The molecule has 0 heterocycles. The minimum Gasteiger partial charge on any atom is -0.381 e. The third kappa shape index (κ3) is 7.04. The van der Waals surface area contributed by atoms with Crippen LogP contribution in [0.1, 0.15) is 26.2 Å². The first-order valence-electron chi connectivity index (χ1n) is 5.79. The van der Waals surface area contributed by atoms with Gasteiger partial charge in [0.25, 0.3) is 0 Å². The molecule has 1 amide bonds. The van der Waals surface area contributed by atoms with Crippen LogP contribution in [0.5, 0.6) is 0 Å². The van der Waals surface area contributed by atoms with Gasteiger partial charge in [-0.1, -0.05) is 6.92 Å². The average molecular weight is 251 g/mol. The van der Waals surface area contributed by atoms with Crippen LogP contribution in [0.4, 0.5) is 0 Å². The zero-order valence-corrected chi connectivity index (χ0v) is 10.7. The van der Waals surface area contributed by atoms with Gasteiger partial charge in [0.1, 0.15) is 0 Å². The number of hydrogen-bond acceptors (Lipinski definition) is 3. The molecule has 0 spiro atoms. The molecule has 1 unspecified atom stereocenters. The molecule has 0 aromatic rings. The van der Waals surface area contributed by atoms with E-state index in [2.05, 4.69) is 5.32 Å². The van der Waals surface area contributed by atoms with Crippen molar-refractivity contribution in [3.8, 4) is 0 Å². The summed E-state index contributed by atoms with van der Waals surface area (Å²) in [5.41, 5.74) is 5.38. The van der Waals surface area contributed by atoms with E-state index in [1.165, 1.54) is 12.8 Å². The van der Waals surface area contributed by atoms with E-state index in [1.54, 1.807) is 0 Å². The van der Waals surface area contributed by atoms with Gasteiger partial charge in [0.2, 0.25) is 5.91 Å². The van der Waals surface area contributed by atoms with E-state index in [1.807, 2.05) is 6.92 Å². The van der Waals surface area contributed by atoms with Crippen molar-refractivity contribution >= 4 is 18.3 Å². The van der Waals surface area contributed by atoms with Crippen molar-refractivity contribution in [2.75, 3.05) is 26.3 Å². The van der Waals surface area contributed by atoms with Crippen LogP contribution in [0.25, 0.3) is 0 Å². The van der Waals surface area contributed by atoms with Gasteiger partial charge in [-0.15, -0.1) is 12.4 Å². The molecule has 0 bridgehead atoms. The van der Waals surface area contributed by atoms with Crippen LogP contribution in [-0.4, -0.2) is 32.2 Å². The molecular formula is C11H23ClN2O2. The molecule has 1 aliphatic rings. The summed E-state index contributed by atoms with van der Waals surface area (Å²) in [5, 5.41) is 2.84. The summed E-state index contributed by atoms with van der Waals surface area (Å²) in [7, 11) is 0. The molecule has 0 saturated heterocycles. The summed E-state index contributed by atoms with van der Waals surface area (Å²) in [4.78, 5) is 11.3. The molecule has 5 heteroatoms. The molecule has 0 aromatic carbocycles. The fraction of sp³-hybridized carbons (Fsp3) is 0.909. The Morgan fingerprint density at radius 1 is 1.56 bits per heavy atom. The minimum atomic E-state index is -0.0858. The van der Waals surface area contributed by atoms with Gasteiger partial charge in [-0.2, -0.15) is 0 Å². The number of carbonyl (C=O) groups is 1. The number of carbonyl (C=O) groups excluding carboxylic acids is 1. The van der Waals surface area contributed by atoms with Crippen molar-refractivity contribution in [3.05, 3.63) is 0 Å². The third-order valence-electron chi connectivity index (χ3n) is 2.62. The van der Waals surface area contributed by atoms with Crippen LogP contribution >= 0.6 is 12.4 Å². The van der Waals surface area contributed by atoms with E-state index >= 15 is 0 Å². The van der Waals surface area contributed by atoms with Crippen molar-refractivity contribution in [1.82, 2.24) is 5.32 Å². The van der Waals surface area contributed by atoms with E-state index in [0.29, 0.717) is 13.1 Å². The molecular weight excluding hydrogens is 228 g/mol. The molecule has 1 atom stereocenters. The zero-order valence-electron chi connectivity index (χ0n) is 9.91. The van der Waals surface area contributed by atoms with Crippen LogP contribution in [0.2, 0.25) is 0 Å². The quantitative estimate of drug-likeness (QED) is 0.630. The summed E-state index contributed by atoms with van der Waals surface area (Å²) < 4.78 is 5.45. The first-order chi connectivity index (χ1) is 7.24. The second-order valence-electron chi connectivity index (χ2n) is 4.30. The molecule has 0 radical (unpaired) electrons. The second kappa shape index (κ2) is 8.79. The first-order valence-corrected chi connectivity index (χ1v) is 5.79. The van der Waals surface area contributed by atoms with E-state index in [9.17, 15) is 4.79 Å². The Bertz CT molecular complexity index is 198. The summed E-state index contributed by atoms with van der Waals surface area (Å²) in [6, 6.07) is 0. The molecule has 1 fully saturated rings. The molecule has 1 saturated carbocycles. The van der Waals surface area contributed by atoms with Gasteiger partial charge in [-0.05, 0) is 25.2 Å². The Labute approximate surface area is 104 Å². The number of amides is 1. The highest BCUT2D eigenvalue weighted by Gasteiger charge is 2.20. The fourth-order valence-corrected chi connectivity index (χ4v) is 1.20. The summed E-state index contributed by atoms with van der Waals surface area (Å²) in [6.07, 6.45) is 3.53. The normalized spacial score (nSPS) is 16.4. The topological polar surface area (TPSA) is 64.4 Å². The minimum absolute atomic E-state index is 0. The highest BCUT2D eigenvalue weighted by Crippen LogP contribution is 2.28. The lowest BCUT2D eigenvalue weighted by atomic mass is 10.2. The predicted molar refractivity (Wildman–Crippen MR) is 66.6 cm³/mol. The molecule has 96 valence electrons. The largest absolute Gasteiger partial charge is 0.381 e. The molecule has 3 N–H and O–H groups in total. The lowest BCUT2D eigenvalue weighted by Crippen LogP contribution is -2.34. The van der Waals surface area contributed by atoms with Crippen LogP contribution in [0, 0.1) is 11.8 Å². The second-order valence-corrected chi connectivity index (χ2v) is 4.30. The van der Waals surface area contributed by atoms with E-state index < -0.39 is 0 Å². The number of halogens is 1. The van der Waals surface area contributed by atoms with Gasteiger partial charge in [-0.25, -0.2) is 0 Å². The monoisotopic (exact) mass is 250 g/mol.